The predicted octanol–water partition coefficient (Wildman–Crippen LogP) is 0.530. The molecular weight excluding hydrogens is 214 g/mol. The van der Waals surface area contributed by atoms with Crippen molar-refractivity contribution in [2.45, 2.75) is 18.9 Å². The number of aromatic nitrogens is 1. The Morgan fingerprint density at radius 1 is 1.18 bits per heavy atom. The quantitative estimate of drug-likeness (QED) is 0.740. The average Bonchev–Trinajstić information content (AvgIpc) is 2.79. The van der Waals surface area contributed by atoms with Crippen molar-refractivity contribution in [2.24, 2.45) is 0 Å². The zero-order valence-electron chi connectivity index (χ0n) is 9.97. The Morgan fingerprint density at radius 3 is 2.88 bits per heavy atom. The summed E-state index contributed by atoms with van der Waals surface area (Å²) in [6, 6.07) is 4.51. The normalized spacial score (nSPS) is 24.9. The van der Waals surface area contributed by atoms with E-state index < -0.39 is 0 Å². The first-order chi connectivity index (χ1) is 8.24. The van der Waals surface area contributed by atoms with E-state index in [1.54, 1.807) is 0 Å². The van der Waals surface area contributed by atoms with Gasteiger partial charge in [-0.15, -0.1) is 0 Å². The monoisotopic (exact) mass is 233 g/mol. The zero-order valence-corrected chi connectivity index (χ0v) is 9.97. The molecule has 0 radical (unpaired) electrons. The number of hydrogen-bond donors (Lipinski definition) is 2. The van der Waals surface area contributed by atoms with Crippen LogP contribution in [0, 0.1) is 0 Å². The summed E-state index contributed by atoms with van der Waals surface area (Å²) < 4.78 is 0. The number of nitrogens with zero attached hydrogens (tertiary/aromatic N) is 3. The molecule has 1 atom stereocenters. The van der Waals surface area contributed by atoms with Crippen LogP contribution < -0.4 is 16.4 Å². The number of nitrogens with two attached hydrogens (primary N) is 2. The number of fused-ring (bicyclic) bond motifs is 1. The number of hydrogen-bond acceptors (Lipinski definition) is 5. The number of piperazine rings is 1. The van der Waals surface area contributed by atoms with E-state index in [9.17, 15) is 0 Å². The van der Waals surface area contributed by atoms with Gasteiger partial charge < -0.3 is 16.4 Å². The first-order valence-electron chi connectivity index (χ1n) is 6.25. The van der Waals surface area contributed by atoms with Crippen LogP contribution >= 0.6 is 0 Å². The fraction of sp³-hybridized carbons (Fsp3) is 0.583. The Morgan fingerprint density at radius 2 is 2.06 bits per heavy atom. The van der Waals surface area contributed by atoms with Crippen LogP contribution in [0.25, 0.3) is 0 Å². The molecule has 0 amide bonds. The molecule has 2 aliphatic heterocycles. The molecule has 0 aromatic carbocycles. The van der Waals surface area contributed by atoms with Crippen molar-refractivity contribution in [2.75, 3.05) is 42.5 Å². The topological polar surface area (TPSA) is 71.4 Å². The van der Waals surface area contributed by atoms with E-state index >= 15 is 0 Å². The molecule has 0 bridgehead atoms. The highest BCUT2D eigenvalue weighted by atomic mass is 15.3. The minimum Gasteiger partial charge on any atom is -0.396 e. The SMILES string of the molecule is Nc1ccc(N2CCN3CCCC3C2)nc1N. The van der Waals surface area contributed by atoms with Crippen LogP contribution in [0.1, 0.15) is 12.8 Å². The highest BCUT2D eigenvalue weighted by Crippen LogP contribution is 2.25. The molecule has 5 heteroatoms. The molecule has 2 aliphatic rings. The Kier molecular flexibility index (Phi) is 2.55. The van der Waals surface area contributed by atoms with Gasteiger partial charge >= 0.3 is 0 Å². The second-order valence-corrected chi connectivity index (χ2v) is 4.92. The molecule has 5 nitrogen and oxygen atoms in total. The predicted molar refractivity (Wildman–Crippen MR) is 69.9 cm³/mol. The highest BCUT2D eigenvalue weighted by Gasteiger charge is 2.30. The largest absolute Gasteiger partial charge is 0.396 e. The molecule has 3 heterocycles. The second-order valence-electron chi connectivity index (χ2n) is 4.92. The molecule has 1 unspecified atom stereocenters. The molecule has 0 aliphatic carbocycles. The Labute approximate surface area is 101 Å². The molecule has 17 heavy (non-hydrogen) atoms. The lowest BCUT2D eigenvalue weighted by Gasteiger charge is -2.38. The third-order valence-electron chi connectivity index (χ3n) is 3.85. The van der Waals surface area contributed by atoms with E-state index in [0.717, 1.165) is 25.5 Å². The van der Waals surface area contributed by atoms with Crippen molar-refractivity contribution < 1.29 is 0 Å². The van der Waals surface area contributed by atoms with Gasteiger partial charge in [0.25, 0.3) is 0 Å². The van der Waals surface area contributed by atoms with Crippen molar-refractivity contribution >= 4 is 17.3 Å². The summed E-state index contributed by atoms with van der Waals surface area (Å²) >= 11 is 0. The van der Waals surface area contributed by atoms with Gasteiger partial charge in [-0.1, -0.05) is 0 Å². The summed E-state index contributed by atoms with van der Waals surface area (Å²) in [5.41, 5.74) is 12.0. The first-order valence-corrected chi connectivity index (χ1v) is 6.25. The number of pyridine rings is 1. The average molecular weight is 233 g/mol. The van der Waals surface area contributed by atoms with E-state index in [1.807, 2.05) is 12.1 Å². The van der Waals surface area contributed by atoms with Crippen LogP contribution in [0.5, 0.6) is 0 Å². The zero-order chi connectivity index (χ0) is 11.8. The van der Waals surface area contributed by atoms with Crippen LogP contribution in [0.15, 0.2) is 12.1 Å². The van der Waals surface area contributed by atoms with Gasteiger partial charge in [0.1, 0.15) is 11.6 Å². The van der Waals surface area contributed by atoms with Crippen molar-refractivity contribution in [3.8, 4) is 0 Å². The first kappa shape index (κ1) is 10.7. The smallest absolute Gasteiger partial charge is 0.149 e. The van der Waals surface area contributed by atoms with Gasteiger partial charge in [-0.25, -0.2) is 4.98 Å². The van der Waals surface area contributed by atoms with E-state index in [-0.39, 0.29) is 0 Å². The third-order valence-corrected chi connectivity index (χ3v) is 3.85. The minimum atomic E-state index is 0.441. The molecule has 0 spiro atoms. The van der Waals surface area contributed by atoms with Crippen LogP contribution in [-0.2, 0) is 0 Å². The summed E-state index contributed by atoms with van der Waals surface area (Å²) in [4.78, 5) is 9.27. The lowest BCUT2D eigenvalue weighted by molar-refractivity contribution is 0.230. The third kappa shape index (κ3) is 1.91. The Hall–Kier alpha value is -1.49. The van der Waals surface area contributed by atoms with Crippen molar-refractivity contribution in [3.63, 3.8) is 0 Å². The summed E-state index contributed by atoms with van der Waals surface area (Å²) in [7, 11) is 0. The van der Waals surface area contributed by atoms with Crippen molar-refractivity contribution in [1.29, 1.82) is 0 Å². The molecule has 0 saturated carbocycles. The van der Waals surface area contributed by atoms with Crippen LogP contribution in [0.4, 0.5) is 17.3 Å². The Balaban J connectivity index is 1.78. The maximum absolute atomic E-state index is 5.76. The number of anilines is 3. The van der Waals surface area contributed by atoms with Gasteiger partial charge in [-0.2, -0.15) is 0 Å². The van der Waals surface area contributed by atoms with Crippen molar-refractivity contribution in [3.05, 3.63) is 12.1 Å². The van der Waals surface area contributed by atoms with Gasteiger partial charge in [0.2, 0.25) is 0 Å². The minimum absolute atomic E-state index is 0.441. The molecule has 2 saturated heterocycles. The van der Waals surface area contributed by atoms with Crippen LogP contribution in [-0.4, -0.2) is 42.1 Å². The molecule has 92 valence electrons. The Bertz CT molecular complexity index is 419. The molecule has 1 aromatic heterocycles. The lowest BCUT2D eigenvalue weighted by Crippen LogP contribution is -2.50. The van der Waals surface area contributed by atoms with E-state index in [4.69, 9.17) is 11.5 Å². The maximum atomic E-state index is 5.76. The second kappa shape index (κ2) is 4.07. The van der Waals surface area contributed by atoms with Crippen LogP contribution in [0.3, 0.4) is 0 Å². The molecule has 1 aromatic rings. The summed E-state index contributed by atoms with van der Waals surface area (Å²) in [6.07, 6.45) is 2.64. The van der Waals surface area contributed by atoms with Crippen LogP contribution in [0.2, 0.25) is 0 Å². The van der Waals surface area contributed by atoms with Gasteiger partial charge in [-0.3, -0.25) is 4.90 Å². The highest BCUT2D eigenvalue weighted by molar-refractivity contribution is 5.62. The van der Waals surface area contributed by atoms with E-state index in [2.05, 4.69) is 14.8 Å². The summed E-state index contributed by atoms with van der Waals surface area (Å²) in [5.74, 6) is 1.40. The molecule has 2 fully saturated rings. The van der Waals surface area contributed by atoms with Crippen molar-refractivity contribution in [1.82, 2.24) is 9.88 Å². The number of rotatable bonds is 1. The summed E-state index contributed by atoms with van der Waals surface area (Å²) in [6.45, 7) is 4.50. The standard InChI is InChI=1S/C12H19N5/c13-10-3-4-11(15-12(10)14)17-7-6-16-5-1-2-9(16)8-17/h3-4,9H,1-2,5-8,13H2,(H2,14,15). The molecule has 4 N–H and O–H groups in total. The van der Waals surface area contributed by atoms with E-state index in [1.165, 1.54) is 19.4 Å². The van der Waals surface area contributed by atoms with Gasteiger partial charge in [0, 0.05) is 25.7 Å². The fourth-order valence-corrected chi connectivity index (χ4v) is 2.85. The van der Waals surface area contributed by atoms with Gasteiger partial charge in [0.15, 0.2) is 0 Å². The van der Waals surface area contributed by atoms with Gasteiger partial charge in [-0.05, 0) is 31.5 Å². The lowest BCUT2D eigenvalue weighted by atomic mass is 10.1. The summed E-state index contributed by atoms with van der Waals surface area (Å²) in [5, 5.41) is 0. The van der Waals surface area contributed by atoms with E-state index in [0.29, 0.717) is 17.5 Å². The number of nitrogen functional groups attached to an aromatic ring is 2. The molecule has 3 rings (SSSR count). The maximum Gasteiger partial charge on any atom is 0.149 e. The fourth-order valence-electron chi connectivity index (χ4n) is 2.85. The molecular formula is C12H19N5. The van der Waals surface area contributed by atoms with Gasteiger partial charge in [0.05, 0.1) is 5.69 Å².